The van der Waals surface area contributed by atoms with Crippen LogP contribution >= 0.6 is 23.4 Å². The number of benzene rings is 4. The Morgan fingerprint density at radius 2 is 1.51 bits per heavy atom. The van der Waals surface area contributed by atoms with Crippen molar-refractivity contribution in [2.75, 3.05) is 5.75 Å². The van der Waals surface area contributed by atoms with Crippen LogP contribution in [0.1, 0.15) is 21.5 Å². The number of aromatic nitrogens is 3. The van der Waals surface area contributed by atoms with Gasteiger partial charge in [0.1, 0.15) is 0 Å². The highest BCUT2D eigenvalue weighted by atomic mass is 35.5. The van der Waals surface area contributed by atoms with Gasteiger partial charge in [0.25, 0.3) is 0 Å². The van der Waals surface area contributed by atoms with E-state index in [4.69, 9.17) is 11.6 Å². The second kappa shape index (κ2) is 9.17. The summed E-state index contributed by atoms with van der Waals surface area (Å²) in [6.07, 6.45) is 0.864. The molecule has 0 N–H and O–H groups in total. The van der Waals surface area contributed by atoms with Gasteiger partial charge in [-0.2, -0.15) is 0 Å². The number of Topliss-reactive ketones (excluding diaryl/α,β-unsaturated/α-hetero) is 1. The molecular weight excluding hydrogens is 474 g/mol. The van der Waals surface area contributed by atoms with Gasteiger partial charge in [-0.1, -0.05) is 90.1 Å². The molecule has 0 fully saturated rings. The minimum atomic E-state index is 0.0654. The maximum absolute atomic E-state index is 13.2. The Morgan fingerprint density at radius 3 is 2.34 bits per heavy atom. The number of fused-ring (bicyclic) bond motifs is 3. The van der Waals surface area contributed by atoms with E-state index >= 15 is 0 Å². The minimum Gasteiger partial charge on any atom is -0.293 e. The van der Waals surface area contributed by atoms with Crippen molar-refractivity contribution < 1.29 is 4.79 Å². The largest absolute Gasteiger partial charge is 0.293 e. The molecule has 1 aliphatic carbocycles. The van der Waals surface area contributed by atoms with Crippen molar-refractivity contribution in [3.8, 4) is 28.2 Å². The smallest absolute Gasteiger partial charge is 0.196 e. The van der Waals surface area contributed by atoms with Crippen molar-refractivity contribution in [2.45, 2.75) is 11.6 Å². The Bertz CT molecular complexity index is 1560. The molecule has 0 amide bonds. The van der Waals surface area contributed by atoms with Crippen LogP contribution in [-0.4, -0.2) is 26.3 Å². The third-order valence-corrected chi connectivity index (χ3v) is 7.47. The van der Waals surface area contributed by atoms with Gasteiger partial charge >= 0.3 is 0 Å². The normalized spacial score (nSPS) is 11.8. The molecule has 4 nitrogen and oxygen atoms in total. The lowest BCUT2D eigenvalue weighted by Crippen LogP contribution is -2.05. The molecule has 5 aromatic rings. The lowest BCUT2D eigenvalue weighted by Gasteiger charge is -2.11. The van der Waals surface area contributed by atoms with Gasteiger partial charge in [-0.25, -0.2) is 0 Å². The summed E-state index contributed by atoms with van der Waals surface area (Å²) in [5.74, 6) is 0.974. The molecule has 0 radical (unpaired) electrons. The number of nitrogens with zero attached hydrogens (tertiary/aromatic N) is 3. The lowest BCUT2D eigenvalue weighted by atomic mass is 10.0. The molecule has 35 heavy (non-hydrogen) atoms. The number of carbonyl (C=O) groups excluding carboxylic acids is 1. The van der Waals surface area contributed by atoms with Crippen LogP contribution < -0.4 is 0 Å². The number of thioether (sulfide) groups is 1. The Hall–Kier alpha value is -3.67. The predicted octanol–water partition coefficient (Wildman–Crippen LogP) is 7.13. The molecule has 1 aliphatic rings. The van der Waals surface area contributed by atoms with E-state index in [1.54, 1.807) is 0 Å². The van der Waals surface area contributed by atoms with Gasteiger partial charge in [0, 0.05) is 16.8 Å². The average Bonchev–Trinajstić information content (AvgIpc) is 3.49. The van der Waals surface area contributed by atoms with Crippen LogP contribution in [0.25, 0.3) is 28.2 Å². The molecule has 170 valence electrons. The molecule has 0 saturated carbocycles. The fraction of sp³-hybridized carbons (Fsp3) is 0.0690. The van der Waals surface area contributed by atoms with Crippen molar-refractivity contribution >= 4 is 29.1 Å². The topological polar surface area (TPSA) is 47.8 Å². The molecule has 6 rings (SSSR count). The molecule has 4 aromatic carbocycles. The molecular formula is C29H20ClN3OS. The number of carbonyl (C=O) groups is 1. The molecule has 0 atom stereocenters. The van der Waals surface area contributed by atoms with Crippen molar-refractivity contribution in [1.29, 1.82) is 0 Å². The number of ketones is 1. The summed E-state index contributed by atoms with van der Waals surface area (Å²) in [7, 11) is 0. The van der Waals surface area contributed by atoms with E-state index in [-0.39, 0.29) is 11.5 Å². The van der Waals surface area contributed by atoms with Crippen molar-refractivity contribution in [3.05, 3.63) is 119 Å². The first-order valence-electron chi connectivity index (χ1n) is 11.3. The molecule has 1 aromatic heterocycles. The van der Waals surface area contributed by atoms with Crippen LogP contribution in [-0.2, 0) is 6.42 Å². The lowest BCUT2D eigenvalue weighted by molar-refractivity contribution is 0.102. The van der Waals surface area contributed by atoms with E-state index in [0.29, 0.717) is 16.0 Å². The third kappa shape index (κ3) is 4.07. The maximum atomic E-state index is 13.2. The van der Waals surface area contributed by atoms with Gasteiger partial charge in [0.2, 0.25) is 0 Å². The molecule has 6 heteroatoms. The summed E-state index contributed by atoms with van der Waals surface area (Å²) in [6.45, 7) is 0. The fourth-order valence-corrected chi connectivity index (χ4v) is 5.59. The van der Waals surface area contributed by atoms with Crippen LogP contribution in [0.5, 0.6) is 0 Å². The summed E-state index contributed by atoms with van der Waals surface area (Å²) in [4.78, 5) is 13.2. The van der Waals surface area contributed by atoms with Gasteiger partial charge in [-0.15, -0.1) is 10.2 Å². The van der Waals surface area contributed by atoms with Crippen LogP contribution in [0.2, 0.25) is 5.02 Å². The van der Waals surface area contributed by atoms with Gasteiger partial charge < -0.3 is 0 Å². The number of hydrogen-bond acceptors (Lipinski definition) is 4. The summed E-state index contributed by atoms with van der Waals surface area (Å²) >= 11 is 7.86. The Kier molecular flexibility index (Phi) is 5.72. The van der Waals surface area contributed by atoms with Gasteiger partial charge in [0.15, 0.2) is 16.8 Å². The zero-order valence-corrected chi connectivity index (χ0v) is 20.3. The highest BCUT2D eigenvalue weighted by Crippen LogP contribution is 2.37. The molecule has 0 spiro atoms. The number of hydrogen-bond donors (Lipinski definition) is 0. The first-order valence-corrected chi connectivity index (χ1v) is 12.7. The molecule has 0 aliphatic heterocycles. The second-order valence-electron chi connectivity index (χ2n) is 8.37. The fourth-order valence-electron chi connectivity index (χ4n) is 4.52. The quantitative estimate of drug-likeness (QED) is 0.183. The van der Waals surface area contributed by atoms with Crippen molar-refractivity contribution in [3.63, 3.8) is 0 Å². The SMILES string of the molecule is O=C(CSc1nnc(-c2ccccc2Cl)n1-c1ccccc1)c1ccc2c(c1)Cc1ccccc1-2. The van der Waals surface area contributed by atoms with Crippen LogP contribution in [0.4, 0.5) is 0 Å². The Morgan fingerprint density at radius 1 is 0.800 bits per heavy atom. The molecule has 0 bridgehead atoms. The van der Waals surface area contributed by atoms with Crippen molar-refractivity contribution in [1.82, 2.24) is 14.8 Å². The zero-order chi connectivity index (χ0) is 23.8. The predicted molar refractivity (Wildman–Crippen MR) is 142 cm³/mol. The third-order valence-electron chi connectivity index (χ3n) is 6.21. The first-order chi connectivity index (χ1) is 17.2. The zero-order valence-electron chi connectivity index (χ0n) is 18.7. The summed E-state index contributed by atoms with van der Waals surface area (Å²) in [5.41, 5.74) is 7.43. The molecule has 0 unspecified atom stereocenters. The summed E-state index contributed by atoms with van der Waals surface area (Å²) in [6, 6.07) is 31.9. The average molecular weight is 494 g/mol. The van der Waals surface area contributed by atoms with E-state index in [9.17, 15) is 4.79 Å². The molecule has 1 heterocycles. The Balaban J connectivity index is 1.28. The van der Waals surface area contributed by atoms with E-state index in [2.05, 4.69) is 40.5 Å². The van der Waals surface area contributed by atoms with Crippen LogP contribution in [0, 0.1) is 0 Å². The summed E-state index contributed by atoms with van der Waals surface area (Å²) in [5, 5.41) is 10.1. The second-order valence-corrected chi connectivity index (χ2v) is 9.72. The first kappa shape index (κ1) is 21.8. The van der Waals surface area contributed by atoms with E-state index in [1.807, 2.05) is 71.3 Å². The van der Waals surface area contributed by atoms with Gasteiger partial charge in [0.05, 0.1) is 10.8 Å². The van der Waals surface area contributed by atoms with E-state index < -0.39 is 0 Å². The van der Waals surface area contributed by atoms with Crippen molar-refractivity contribution in [2.24, 2.45) is 0 Å². The maximum Gasteiger partial charge on any atom is 0.196 e. The standard InChI is InChI=1S/C29H20ClN3OS/c30-26-13-7-6-12-25(26)28-31-32-29(33(28)22-9-2-1-3-10-22)35-18-27(34)20-14-15-24-21(17-20)16-19-8-4-5-11-23(19)24/h1-15,17H,16,18H2. The van der Waals surface area contributed by atoms with E-state index in [0.717, 1.165) is 23.2 Å². The van der Waals surface area contributed by atoms with Gasteiger partial charge in [-0.3, -0.25) is 9.36 Å². The number of rotatable bonds is 6. The number of halogens is 1. The Labute approximate surface area is 212 Å². The monoisotopic (exact) mass is 493 g/mol. The van der Waals surface area contributed by atoms with Crippen LogP contribution in [0.15, 0.2) is 102 Å². The highest BCUT2D eigenvalue weighted by molar-refractivity contribution is 7.99. The van der Waals surface area contributed by atoms with E-state index in [1.165, 1.54) is 34.0 Å². The molecule has 0 saturated heterocycles. The number of para-hydroxylation sites is 1. The summed E-state index contributed by atoms with van der Waals surface area (Å²) < 4.78 is 1.96. The minimum absolute atomic E-state index is 0.0654. The van der Waals surface area contributed by atoms with Crippen LogP contribution in [0.3, 0.4) is 0 Å². The van der Waals surface area contributed by atoms with Gasteiger partial charge in [-0.05, 0) is 59.0 Å². The highest BCUT2D eigenvalue weighted by Gasteiger charge is 2.21.